The van der Waals surface area contributed by atoms with Gasteiger partial charge in [-0.25, -0.2) is 4.79 Å². The SMILES string of the molecule is Cc1c(C(=O)O)c(C)n(C)c1C1=CC(O)c2ccccc21. The number of aromatic carboxylic acids is 1. The van der Waals surface area contributed by atoms with Gasteiger partial charge in [0.2, 0.25) is 0 Å². The van der Waals surface area contributed by atoms with Crippen LogP contribution in [-0.2, 0) is 7.05 Å². The number of nitrogens with zero attached hydrogens (tertiary/aromatic N) is 1. The van der Waals surface area contributed by atoms with Crippen molar-refractivity contribution in [1.29, 1.82) is 0 Å². The molecule has 1 aliphatic carbocycles. The van der Waals surface area contributed by atoms with Crippen molar-refractivity contribution in [2.45, 2.75) is 20.0 Å². The van der Waals surface area contributed by atoms with Crippen LogP contribution in [0.5, 0.6) is 0 Å². The summed E-state index contributed by atoms with van der Waals surface area (Å²) in [5.74, 6) is -0.917. The van der Waals surface area contributed by atoms with Crippen LogP contribution in [0.1, 0.15) is 44.5 Å². The standard InChI is InChI=1S/C17H17NO3/c1-9-15(17(20)21)10(2)18(3)16(9)13-8-14(19)12-7-5-4-6-11(12)13/h4-8,14,19H,1-3H3,(H,20,21). The predicted octanol–water partition coefficient (Wildman–Crippen LogP) is 2.82. The van der Waals surface area contributed by atoms with Gasteiger partial charge in [-0.05, 0) is 36.6 Å². The Kier molecular flexibility index (Phi) is 2.99. The van der Waals surface area contributed by atoms with Crippen LogP contribution in [0.15, 0.2) is 30.3 Å². The van der Waals surface area contributed by atoms with Gasteiger partial charge in [-0.1, -0.05) is 24.3 Å². The number of carboxylic acids is 1. The van der Waals surface area contributed by atoms with Gasteiger partial charge in [0.15, 0.2) is 0 Å². The molecule has 1 heterocycles. The number of fused-ring (bicyclic) bond motifs is 1. The molecule has 0 saturated heterocycles. The molecule has 1 aliphatic rings. The molecule has 3 rings (SSSR count). The van der Waals surface area contributed by atoms with E-state index < -0.39 is 12.1 Å². The lowest BCUT2D eigenvalue weighted by atomic mass is 10.00. The molecule has 1 aromatic heterocycles. The molecule has 0 radical (unpaired) electrons. The van der Waals surface area contributed by atoms with E-state index in [-0.39, 0.29) is 0 Å². The fourth-order valence-corrected chi connectivity index (χ4v) is 3.22. The second kappa shape index (κ2) is 4.60. The molecule has 21 heavy (non-hydrogen) atoms. The minimum Gasteiger partial charge on any atom is -0.478 e. The van der Waals surface area contributed by atoms with E-state index in [2.05, 4.69) is 0 Å². The van der Waals surface area contributed by atoms with Crippen molar-refractivity contribution >= 4 is 11.5 Å². The third kappa shape index (κ3) is 1.83. The predicted molar refractivity (Wildman–Crippen MR) is 80.3 cm³/mol. The highest BCUT2D eigenvalue weighted by Crippen LogP contribution is 2.40. The molecule has 0 aliphatic heterocycles. The van der Waals surface area contributed by atoms with Crippen molar-refractivity contribution in [1.82, 2.24) is 4.57 Å². The van der Waals surface area contributed by atoms with Crippen molar-refractivity contribution in [3.05, 3.63) is 64.0 Å². The Morgan fingerprint density at radius 3 is 2.52 bits per heavy atom. The van der Waals surface area contributed by atoms with Crippen LogP contribution in [-0.4, -0.2) is 20.7 Å². The highest BCUT2D eigenvalue weighted by Gasteiger charge is 2.28. The molecule has 0 amide bonds. The van der Waals surface area contributed by atoms with Gasteiger partial charge >= 0.3 is 5.97 Å². The summed E-state index contributed by atoms with van der Waals surface area (Å²) in [6, 6.07) is 7.67. The average molecular weight is 283 g/mol. The zero-order valence-corrected chi connectivity index (χ0v) is 12.2. The molecule has 0 bridgehead atoms. The maximum Gasteiger partial charge on any atom is 0.337 e. The molecular weight excluding hydrogens is 266 g/mol. The van der Waals surface area contributed by atoms with E-state index in [0.29, 0.717) is 5.56 Å². The number of benzene rings is 1. The molecule has 4 heteroatoms. The molecule has 2 aromatic rings. The number of hydrogen-bond acceptors (Lipinski definition) is 2. The van der Waals surface area contributed by atoms with Crippen molar-refractivity contribution < 1.29 is 15.0 Å². The lowest BCUT2D eigenvalue weighted by Crippen LogP contribution is -2.00. The number of aromatic nitrogens is 1. The van der Waals surface area contributed by atoms with Gasteiger partial charge in [0.05, 0.1) is 17.4 Å². The van der Waals surface area contributed by atoms with Gasteiger partial charge in [-0.3, -0.25) is 0 Å². The van der Waals surface area contributed by atoms with Gasteiger partial charge < -0.3 is 14.8 Å². The second-order valence-corrected chi connectivity index (χ2v) is 5.41. The normalized spacial score (nSPS) is 16.8. The van der Waals surface area contributed by atoms with Crippen LogP contribution in [0.3, 0.4) is 0 Å². The number of aliphatic hydroxyl groups excluding tert-OH is 1. The van der Waals surface area contributed by atoms with Crippen LogP contribution in [0.4, 0.5) is 0 Å². The number of hydrogen-bond donors (Lipinski definition) is 2. The first kappa shape index (κ1) is 13.6. The van der Waals surface area contributed by atoms with E-state index in [1.165, 1.54) is 0 Å². The van der Waals surface area contributed by atoms with Crippen molar-refractivity contribution in [3.63, 3.8) is 0 Å². The average Bonchev–Trinajstić information content (AvgIpc) is 2.87. The summed E-state index contributed by atoms with van der Waals surface area (Å²) in [5, 5.41) is 19.6. The summed E-state index contributed by atoms with van der Waals surface area (Å²) in [4.78, 5) is 11.5. The van der Waals surface area contributed by atoms with E-state index in [1.54, 1.807) is 13.0 Å². The van der Waals surface area contributed by atoms with Crippen LogP contribution in [0.2, 0.25) is 0 Å². The molecule has 1 aromatic carbocycles. The Morgan fingerprint density at radius 1 is 1.24 bits per heavy atom. The summed E-state index contributed by atoms with van der Waals surface area (Å²) < 4.78 is 1.89. The maximum absolute atomic E-state index is 11.5. The number of aliphatic hydroxyl groups is 1. The quantitative estimate of drug-likeness (QED) is 0.891. The van der Waals surface area contributed by atoms with E-state index in [9.17, 15) is 15.0 Å². The Labute approximate surface area is 123 Å². The highest BCUT2D eigenvalue weighted by atomic mass is 16.4. The van der Waals surface area contributed by atoms with Crippen LogP contribution in [0.25, 0.3) is 5.57 Å². The number of rotatable bonds is 2. The Bertz CT molecular complexity index is 784. The fraction of sp³-hybridized carbons (Fsp3) is 0.235. The monoisotopic (exact) mass is 283 g/mol. The lowest BCUT2D eigenvalue weighted by Gasteiger charge is -2.09. The zero-order chi connectivity index (χ0) is 15.3. The Balaban J connectivity index is 2.27. The first-order chi connectivity index (χ1) is 9.93. The first-order valence-corrected chi connectivity index (χ1v) is 6.82. The summed E-state index contributed by atoms with van der Waals surface area (Å²) in [7, 11) is 1.86. The first-order valence-electron chi connectivity index (χ1n) is 6.82. The second-order valence-electron chi connectivity index (χ2n) is 5.41. The number of carboxylic acid groups (broad SMARTS) is 1. The molecule has 108 valence electrons. The summed E-state index contributed by atoms with van der Waals surface area (Å²) >= 11 is 0. The van der Waals surface area contributed by atoms with Crippen LogP contribution < -0.4 is 0 Å². The molecule has 2 N–H and O–H groups in total. The van der Waals surface area contributed by atoms with E-state index in [0.717, 1.165) is 33.7 Å². The van der Waals surface area contributed by atoms with E-state index >= 15 is 0 Å². The van der Waals surface area contributed by atoms with Crippen LogP contribution in [0, 0.1) is 13.8 Å². The fourth-order valence-electron chi connectivity index (χ4n) is 3.22. The van der Waals surface area contributed by atoms with Crippen molar-refractivity contribution in [3.8, 4) is 0 Å². The third-order valence-corrected chi connectivity index (χ3v) is 4.29. The lowest BCUT2D eigenvalue weighted by molar-refractivity contribution is 0.0695. The molecule has 0 saturated carbocycles. The Morgan fingerprint density at radius 2 is 1.90 bits per heavy atom. The number of carbonyl (C=O) groups is 1. The molecular formula is C17H17NO3. The topological polar surface area (TPSA) is 62.5 Å². The van der Waals surface area contributed by atoms with E-state index in [4.69, 9.17) is 0 Å². The molecule has 0 spiro atoms. The molecule has 0 fully saturated rings. The Hall–Kier alpha value is -2.33. The summed E-state index contributed by atoms with van der Waals surface area (Å²) in [5.41, 5.74) is 5.37. The summed E-state index contributed by atoms with van der Waals surface area (Å²) in [6.07, 6.45) is 1.15. The molecule has 4 nitrogen and oxygen atoms in total. The van der Waals surface area contributed by atoms with Gasteiger partial charge in [0.1, 0.15) is 0 Å². The summed E-state index contributed by atoms with van der Waals surface area (Å²) in [6.45, 7) is 3.62. The van der Waals surface area contributed by atoms with Crippen molar-refractivity contribution in [2.24, 2.45) is 7.05 Å². The molecule has 1 atom stereocenters. The van der Waals surface area contributed by atoms with Gasteiger partial charge in [0, 0.05) is 18.3 Å². The smallest absolute Gasteiger partial charge is 0.337 e. The minimum absolute atomic E-state index is 0.340. The largest absolute Gasteiger partial charge is 0.478 e. The van der Waals surface area contributed by atoms with Gasteiger partial charge in [-0.15, -0.1) is 0 Å². The third-order valence-electron chi connectivity index (χ3n) is 4.29. The van der Waals surface area contributed by atoms with E-state index in [1.807, 2.05) is 42.8 Å². The van der Waals surface area contributed by atoms with Crippen LogP contribution >= 0.6 is 0 Å². The molecule has 1 unspecified atom stereocenters. The minimum atomic E-state index is -0.917. The van der Waals surface area contributed by atoms with Gasteiger partial charge in [0.25, 0.3) is 0 Å². The highest BCUT2D eigenvalue weighted by molar-refractivity contribution is 5.95. The maximum atomic E-state index is 11.5. The van der Waals surface area contributed by atoms with Gasteiger partial charge in [-0.2, -0.15) is 0 Å². The van der Waals surface area contributed by atoms with Crippen molar-refractivity contribution in [2.75, 3.05) is 0 Å². The zero-order valence-electron chi connectivity index (χ0n) is 12.2.